The van der Waals surface area contributed by atoms with Crippen LogP contribution in [-0.4, -0.2) is 31.1 Å². The molecule has 1 aromatic rings. The highest BCUT2D eigenvalue weighted by Crippen LogP contribution is 2.14. The summed E-state index contributed by atoms with van der Waals surface area (Å²) in [6, 6.07) is 7.69. The van der Waals surface area contributed by atoms with E-state index >= 15 is 0 Å². The second kappa shape index (κ2) is 11.3. The molecule has 0 aliphatic carbocycles. The lowest BCUT2D eigenvalue weighted by Gasteiger charge is -2.12. The number of benzene rings is 1. The molecule has 2 rings (SSSR count). The largest absolute Gasteiger partial charge is 0.376 e. The summed E-state index contributed by atoms with van der Waals surface area (Å²) >= 11 is 0. The second-order valence-corrected chi connectivity index (χ2v) is 6.22. The molecule has 1 amide bonds. The summed E-state index contributed by atoms with van der Waals surface area (Å²) in [6.07, 6.45) is 3.23. The number of guanidine groups is 1. The van der Waals surface area contributed by atoms with Gasteiger partial charge in [0.2, 0.25) is 5.91 Å². The molecule has 0 spiro atoms. The van der Waals surface area contributed by atoms with Gasteiger partial charge in [-0.2, -0.15) is 0 Å². The Kier molecular flexibility index (Phi) is 9.81. The molecule has 4 N–H and O–H groups in total. The Morgan fingerprint density at radius 1 is 1.48 bits per heavy atom. The summed E-state index contributed by atoms with van der Waals surface area (Å²) in [6.45, 7) is 5.92. The Morgan fingerprint density at radius 3 is 2.96 bits per heavy atom. The predicted molar refractivity (Wildman–Crippen MR) is 112 cm³/mol. The molecule has 0 saturated carbocycles. The molecular weight excluding hydrogens is 431 g/mol. The van der Waals surface area contributed by atoms with Gasteiger partial charge in [-0.25, -0.2) is 4.99 Å². The average molecular weight is 460 g/mol. The van der Waals surface area contributed by atoms with E-state index in [1.807, 2.05) is 38.1 Å². The molecule has 6 nitrogen and oxygen atoms in total. The van der Waals surface area contributed by atoms with Gasteiger partial charge in [-0.3, -0.25) is 4.79 Å². The zero-order chi connectivity index (χ0) is 17.4. The minimum absolute atomic E-state index is 0. The molecule has 1 aromatic carbocycles. The summed E-state index contributed by atoms with van der Waals surface area (Å²) in [4.78, 5) is 16.3. The van der Waals surface area contributed by atoms with Crippen molar-refractivity contribution in [2.24, 2.45) is 16.6 Å². The van der Waals surface area contributed by atoms with Gasteiger partial charge in [0, 0.05) is 24.8 Å². The van der Waals surface area contributed by atoms with Gasteiger partial charge in [0.1, 0.15) is 0 Å². The molecule has 1 saturated heterocycles. The first kappa shape index (κ1) is 21.7. The summed E-state index contributed by atoms with van der Waals surface area (Å²) in [5.41, 5.74) is 7.68. The van der Waals surface area contributed by atoms with Crippen LogP contribution in [0.5, 0.6) is 0 Å². The number of carbonyl (C=O) groups excluding carboxylic acids is 1. The Labute approximate surface area is 167 Å². The number of aliphatic imine (C=N–C) groups is 1. The third-order valence-corrected chi connectivity index (χ3v) is 4.22. The second-order valence-electron chi connectivity index (χ2n) is 6.22. The van der Waals surface area contributed by atoms with Crippen LogP contribution in [-0.2, 0) is 16.1 Å². The van der Waals surface area contributed by atoms with Crippen molar-refractivity contribution >= 4 is 41.5 Å². The van der Waals surface area contributed by atoms with Crippen LogP contribution in [0.3, 0.4) is 0 Å². The average Bonchev–Trinajstić information content (AvgIpc) is 3.11. The molecule has 1 fully saturated rings. The van der Waals surface area contributed by atoms with Crippen LogP contribution in [0, 0.1) is 5.92 Å². The van der Waals surface area contributed by atoms with Crippen LogP contribution in [0.4, 0.5) is 5.69 Å². The molecule has 1 aliphatic rings. The number of ether oxygens (including phenoxy) is 1. The van der Waals surface area contributed by atoms with Crippen LogP contribution in [0.15, 0.2) is 29.3 Å². The summed E-state index contributed by atoms with van der Waals surface area (Å²) < 4.78 is 5.53. The number of amides is 1. The van der Waals surface area contributed by atoms with Crippen molar-refractivity contribution in [2.75, 3.05) is 18.5 Å². The fourth-order valence-corrected chi connectivity index (χ4v) is 2.45. The molecule has 7 heteroatoms. The molecule has 1 aliphatic heterocycles. The first-order valence-electron chi connectivity index (χ1n) is 8.63. The zero-order valence-corrected chi connectivity index (χ0v) is 17.3. The van der Waals surface area contributed by atoms with Gasteiger partial charge < -0.3 is 21.1 Å². The number of hydrogen-bond acceptors (Lipinski definition) is 3. The molecule has 25 heavy (non-hydrogen) atoms. The topological polar surface area (TPSA) is 88.7 Å². The van der Waals surface area contributed by atoms with E-state index in [2.05, 4.69) is 15.6 Å². The Bertz CT molecular complexity index is 574. The van der Waals surface area contributed by atoms with E-state index < -0.39 is 0 Å². The summed E-state index contributed by atoms with van der Waals surface area (Å²) in [7, 11) is 0. The third-order valence-electron chi connectivity index (χ3n) is 4.22. The van der Waals surface area contributed by atoms with Gasteiger partial charge >= 0.3 is 0 Å². The van der Waals surface area contributed by atoms with Crippen molar-refractivity contribution in [1.29, 1.82) is 0 Å². The van der Waals surface area contributed by atoms with E-state index in [1.54, 1.807) is 0 Å². The van der Waals surface area contributed by atoms with Crippen LogP contribution >= 0.6 is 24.0 Å². The van der Waals surface area contributed by atoms with E-state index in [4.69, 9.17) is 10.5 Å². The van der Waals surface area contributed by atoms with Gasteiger partial charge in [0.05, 0.1) is 12.6 Å². The van der Waals surface area contributed by atoms with Gasteiger partial charge in [0.15, 0.2) is 5.96 Å². The van der Waals surface area contributed by atoms with E-state index in [-0.39, 0.29) is 41.9 Å². The van der Waals surface area contributed by atoms with Gasteiger partial charge in [0.25, 0.3) is 0 Å². The lowest BCUT2D eigenvalue weighted by atomic mass is 10.1. The Morgan fingerprint density at radius 2 is 2.28 bits per heavy atom. The van der Waals surface area contributed by atoms with Crippen molar-refractivity contribution in [3.63, 3.8) is 0 Å². The zero-order valence-electron chi connectivity index (χ0n) is 15.0. The number of hydrogen-bond donors (Lipinski definition) is 3. The first-order valence-corrected chi connectivity index (χ1v) is 8.63. The van der Waals surface area contributed by atoms with Gasteiger partial charge in [-0.1, -0.05) is 26.0 Å². The lowest BCUT2D eigenvalue weighted by molar-refractivity contribution is -0.119. The maximum absolute atomic E-state index is 12.0. The van der Waals surface area contributed by atoms with Gasteiger partial charge in [-0.15, -0.1) is 24.0 Å². The summed E-state index contributed by atoms with van der Waals surface area (Å²) in [5, 5.41) is 6.03. The molecular formula is C18H29IN4O2. The molecule has 0 aromatic heterocycles. The van der Waals surface area contributed by atoms with E-state index in [0.29, 0.717) is 19.0 Å². The molecule has 2 unspecified atom stereocenters. The number of rotatable bonds is 7. The normalized spacial score (nSPS) is 18.3. The lowest BCUT2D eigenvalue weighted by Crippen LogP contribution is -2.37. The highest BCUT2D eigenvalue weighted by Gasteiger charge is 2.15. The smallest absolute Gasteiger partial charge is 0.227 e. The van der Waals surface area contributed by atoms with E-state index in [0.717, 1.165) is 37.1 Å². The molecule has 140 valence electrons. The minimum atomic E-state index is 0. The number of carbonyl (C=O) groups is 1. The first-order chi connectivity index (χ1) is 11.6. The fraction of sp³-hybridized carbons (Fsp3) is 0.556. The molecule has 1 heterocycles. The number of nitrogens with one attached hydrogen (secondary N) is 2. The number of halogens is 1. The van der Waals surface area contributed by atoms with Crippen molar-refractivity contribution in [1.82, 2.24) is 5.32 Å². The molecule has 0 bridgehead atoms. The number of nitrogens with zero attached hydrogens (tertiary/aromatic N) is 1. The number of anilines is 1. The Balaban J connectivity index is 0.00000312. The van der Waals surface area contributed by atoms with Crippen LogP contribution in [0.25, 0.3) is 0 Å². The maximum Gasteiger partial charge on any atom is 0.227 e. The van der Waals surface area contributed by atoms with Crippen molar-refractivity contribution in [2.45, 2.75) is 45.8 Å². The minimum Gasteiger partial charge on any atom is -0.376 e. The Hall–Kier alpha value is -1.35. The van der Waals surface area contributed by atoms with Crippen molar-refractivity contribution < 1.29 is 9.53 Å². The van der Waals surface area contributed by atoms with E-state index in [1.165, 1.54) is 0 Å². The van der Waals surface area contributed by atoms with Crippen LogP contribution in [0.1, 0.15) is 38.7 Å². The highest BCUT2D eigenvalue weighted by molar-refractivity contribution is 14.0. The van der Waals surface area contributed by atoms with Crippen LogP contribution < -0.4 is 16.4 Å². The monoisotopic (exact) mass is 460 g/mol. The predicted octanol–water partition coefficient (Wildman–Crippen LogP) is 2.87. The molecule has 2 atom stereocenters. The van der Waals surface area contributed by atoms with Gasteiger partial charge in [-0.05, 0) is 37.0 Å². The molecule has 0 radical (unpaired) electrons. The SMILES string of the molecule is CCC(C)C(=O)Nc1cccc(CN=C(N)NCC2CCCO2)c1.I. The third kappa shape index (κ3) is 7.60. The standard InChI is InChI=1S/C18H28N4O2.HI/c1-3-13(2)17(23)22-15-7-4-6-14(10-15)11-20-18(19)21-12-16-8-5-9-24-16;/h4,6-7,10,13,16H,3,5,8-9,11-12H2,1-2H3,(H,22,23)(H3,19,20,21);1H. The highest BCUT2D eigenvalue weighted by atomic mass is 127. The van der Waals surface area contributed by atoms with E-state index in [9.17, 15) is 4.79 Å². The quantitative estimate of drug-likeness (QED) is 0.332. The van der Waals surface area contributed by atoms with Crippen molar-refractivity contribution in [3.05, 3.63) is 29.8 Å². The number of nitrogens with two attached hydrogens (primary N) is 1. The fourth-order valence-electron chi connectivity index (χ4n) is 2.45. The van der Waals surface area contributed by atoms with Crippen LogP contribution in [0.2, 0.25) is 0 Å². The van der Waals surface area contributed by atoms with Crippen molar-refractivity contribution in [3.8, 4) is 0 Å². The summed E-state index contributed by atoms with van der Waals surface area (Å²) in [5.74, 6) is 0.458. The maximum atomic E-state index is 12.0.